The summed E-state index contributed by atoms with van der Waals surface area (Å²) in [6.07, 6.45) is 3.49. The molecule has 20 heavy (non-hydrogen) atoms. The number of nitriles is 1. The quantitative estimate of drug-likeness (QED) is 0.920. The number of halogens is 1. The molecule has 108 valence electrons. The molecule has 0 aliphatic carbocycles. The number of hydrogen-bond acceptors (Lipinski definition) is 3. The average molecular weight is 276 g/mol. The van der Waals surface area contributed by atoms with Crippen LogP contribution in [-0.2, 0) is 6.54 Å². The number of rotatable bonds is 4. The van der Waals surface area contributed by atoms with Crippen molar-refractivity contribution in [1.29, 1.82) is 5.26 Å². The fraction of sp³-hybridized carbons (Fsp3) is 0.562. The topological polar surface area (TPSA) is 47.3 Å². The molecule has 2 atom stereocenters. The summed E-state index contributed by atoms with van der Waals surface area (Å²) in [6.45, 7) is 3.30. The van der Waals surface area contributed by atoms with E-state index in [-0.39, 0.29) is 18.0 Å². The zero-order valence-corrected chi connectivity index (χ0v) is 11.8. The van der Waals surface area contributed by atoms with Crippen LogP contribution >= 0.6 is 0 Å². The second-order valence-electron chi connectivity index (χ2n) is 5.43. The van der Waals surface area contributed by atoms with Crippen LogP contribution in [0.3, 0.4) is 0 Å². The number of hydrogen-bond donors (Lipinski definition) is 1. The lowest BCUT2D eigenvalue weighted by molar-refractivity contribution is 0.0190. The Kier molecular flexibility index (Phi) is 5.11. The average Bonchev–Trinajstić information content (AvgIpc) is 2.49. The van der Waals surface area contributed by atoms with Gasteiger partial charge in [-0.05, 0) is 44.0 Å². The maximum atomic E-state index is 13.9. The minimum Gasteiger partial charge on any atom is -0.392 e. The first-order valence-corrected chi connectivity index (χ1v) is 7.26. The van der Waals surface area contributed by atoms with Crippen LogP contribution in [0.2, 0.25) is 0 Å². The first-order valence-electron chi connectivity index (χ1n) is 7.26. The van der Waals surface area contributed by atoms with E-state index in [0.717, 1.165) is 25.8 Å². The summed E-state index contributed by atoms with van der Waals surface area (Å²) in [6, 6.07) is 6.59. The van der Waals surface area contributed by atoms with Crippen molar-refractivity contribution in [2.75, 3.05) is 6.54 Å². The van der Waals surface area contributed by atoms with E-state index in [1.54, 1.807) is 6.07 Å². The van der Waals surface area contributed by atoms with E-state index >= 15 is 0 Å². The highest BCUT2D eigenvalue weighted by atomic mass is 19.1. The summed E-state index contributed by atoms with van der Waals surface area (Å²) in [5, 5.41) is 19.0. The van der Waals surface area contributed by atoms with Gasteiger partial charge in [0.25, 0.3) is 0 Å². The van der Waals surface area contributed by atoms with Crippen LogP contribution < -0.4 is 0 Å². The Morgan fingerprint density at radius 1 is 1.50 bits per heavy atom. The summed E-state index contributed by atoms with van der Waals surface area (Å²) >= 11 is 0. The second-order valence-corrected chi connectivity index (χ2v) is 5.43. The lowest BCUT2D eigenvalue weighted by Gasteiger charge is -2.38. The molecule has 0 bridgehead atoms. The van der Waals surface area contributed by atoms with Gasteiger partial charge < -0.3 is 5.11 Å². The summed E-state index contributed by atoms with van der Waals surface area (Å²) < 4.78 is 13.9. The Hall–Kier alpha value is -1.44. The van der Waals surface area contributed by atoms with Crippen molar-refractivity contribution in [2.45, 2.75) is 51.3 Å². The fourth-order valence-corrected chi connectivity index (χ4v) is 2.91. The van der Waals surface area contributed by atoms with Gasteiger partial charge in [-0.1, -0.05) is 13.3 Å². The first-order chi connectivity index (χ1) is 9.65. The maximum absolute atomic E-state index is 13.9. The van der Waals surface area contributed by atoms with Crippen molar-refractivity contribution >= 4 is 0 Å². The lowest BCUT2D eigenvalue weighted by atomic mass is 9.95. The molecule has 1 aliphatic rings. The van der Waals surface area contributed by atoms with Gasteiger partial charge in [-0.2, -0.15) is 5.26 Å². The molecule has 0 saturated carbocycles. The van der Waals surface area contributed by atoms with Gasteiger partial charge in [0.2, 0.25) is 0 Å². The molecule has 3 nitrogen and oxygen atoms in total. The molecule has 1 N–H and O–H groups in total. The van der Waals surface area contributed by atoms with Gasteiger partial charge in [-0.3, -0.25) is 4.90 Å². The predicted molar refractivity (Wildman–Crippen MR) is 75.5 cm³/mol. The van der Waals surface area contributed by atoms with Gasteiger partial charge >= 0.3 is 0 Å². The third kappa shape index (κ3) is 3.36. The van der Waals surface area contributed by atoms with Crippen molar-refractivity contribution in [3.05, 3.63) is 35.1 Å². The van der Waals surface area contributed by atoms with E-state index in [2.05, 4.69) is 4.90 Å². The fourth-order valence-electron chi connectivity index (χ4n) is 2.91. The number of piperidine rings is 1. The van der Waals surface area contributed by atoms with Crippen molar-refractivity contribution in [3.8, 4) is 6.07 Å². The Morgan fingerprint density at radius 3 is 3.00 bits per heavy atom. The zero-order valence-electron chi connectivity index (χ0n) is 11.8. The summed E-state index contributed by atoms with van der Waals surface area (Å²) in [4.78, 5) is 2.15. The molecule has 1 heterocycles. The van der Waals surface area contributed by atoms with E-state index in [0.29, 0.717) is 24.1 Å². The van der Waals surface area contributed by atoms with E-state index in [1.807, 2.05) is 13.0 Å². The monoisotopic (exact) mass is 276 g/mol. The molecule has 1 saturated heterocycles. The van der Waals surface area contributed by atoms with Crippen molar-refractivity contribution in [2.24, 2.45) is 0 Å². The zero-order chi connectivity index (χ0) is 14.5. The van der Waals surface area contributed by atoms with Crippen LogP contribution in [0.4, 0.5) is 4.39 Å². The van der Waals surface area contributed by atoms with Crippen molar-refractivity contribution in [3.63, 3.8) is 0 Å². The number of likely N-dealkylation sites (tertiary alicyclic amines) is 1. The summed E-state index contributed by atoms with van der Waals surface area (Å²) in [7, 11) is 0. The number of nitrogens with zero attached hydrogens (tertiary/aromatic N) is 2. The van der Waals surface area contributed by atoms with E-state index in [4.69, 9.17) is 5.26 Å². The van der Waals surface area contributed by atoms with Crippen LogP contribution in [0.25, 0.3) is 0 Å². The molecule has 2 rings (SSSR count). The van der Waals surface area contributed by atoms with Gasteiger partial charge in [0.05, 0.1) is 17.7 Å². The minimum absolute atomic E-state index is 0.0962. The summed E-state index contributed by atoms with van der Waals surface area (Å²) in [5.41, 5.74) is 1.02. The molecule has 4 heteroatoms. The largest absolute Gasteiger partial charge is 0.392 e. The van der Waals surface area contributed by atoms with Crippen LogP contribution in [0.5, 0.6) is 0 Å². The van der Waals surface area contributed by atoms with Crippen LogP contribution in [-0.4, -0.2) is 28.7 Å². The molecular formula is C16H21FN2O. The number of benzene rings is 1. The molecule has 0 spiro atoms. The first kappa shape index (κ1) is 15.0. The smallest absolute Gasteiger partial charge is 0.127 e. The highest BCUT2D eigenvalue weighted by Gasteiger charge is 2.28. The standard InChI is InChI=1S/C16H21FN2O/c1-2-16(20)15-5-3-4-8-19(15)11-13-9-12(10-18)6-7-14(13)17/h6-7,9,15-16,20H,2-5,8,11H2,1H3. The van der Waals surface area contributed by atoms with Gasteiger partial charge in [-0.15, -0.1) is 0 Å². The predicted octanol–water partition coefficient (Wildman–Crippen LogP) is 2.82. The molecule has 0 amide bonds. The molecule has 0 aromatic heterocycles. The lowest BCUT2D eigenvalue weighted by Crippen LogP contribution is -2.46. The second kappa shape index (κ2) is 6.83. The minimum atomic E-state index is -0.363. The van der Waals surface area contributed by atoms with E-state index in [9.17, 15) is 9.50 Å². The van der Waals surface area contributed by atoms with Gasteiger partial charge in [-0.25, -0.2) is 4.39 Å². The Morgan fingerprint density at radius 2 is 2.30 bits per heavy atom. The SMILES string of the molecule is CCC(O)C1CCCCN1Cc1cc(C#N)ccc1F. The normalized spacial score (nSPS) is 21.4. The molecule has 1 aromatic rings. The molecular weight excluding hydrogens is 255 g/mol. The molecule has 1 fully saturated rings. The third-order valence-electron chi connectivity index (χ3n) is 4.07. The molecule has 1 aromatic carbocycles. The highest BCUT2D eigenvalue weighted by molar-refractivity contribution is 5.33. The van der Waals surface area contributed by atoms with Crippen molar-refractivity contribution < 1.29 is 9.50 Å². The highest BCUT2D eigenvalue weighted by Crippen LogP contribution is 2.24. The van der Waals surface area contributed by atoms with Crippen molar-refractivity contribution in [1.82, 2.24) is 4.90 Å². The van der Waals surface area contributed by atoms with E-state index in [1.165, 1.54) is 12.1 Å². The maximum Gasteiger partial charge on any atom is 0.127 e. The number of aliphatic hydroxyl groups excluding tert-OH is 1. The van der Waals surface area contributed by atoms with E-state index < -0.39 is 0 Å². The molecule has 1 aliphatic heterocycles. The van der Waals surface area contributed by atoms with Gasteiger partial charge in [0, 0.05) is 18.2 Å². The Labute approximate surface area is 119 Å². The van der Waals surface area contributed by atoms with Gasteiger partial charge in [0.1, 0.15) is 5.82 Å². The Balaban J connectivity index is 2.16. The van der Waals surface area contributed by atoms with Crippen LogP contribution in [0.15, 0.2) is 18.2 Å². The Bertz CT molecular complexity index is 498. The third-order valence-corrected chi connectivity index (χ3v) is 4.07. The van der Waals surface area contributed by atoms with Gasteiger partial charge in [0.15, 0.2) is 0 Å². The van der Waals surface area contributed by atoms with Crippen LogP contribution in [0, 0.1) is 17.1 Å². The van der Waals surface area contributed by atoms with Crippen LogP contribution in [0.1, 0.15) is 43.7 Å². The molecule has 0 radical (unpaired) electrons. The molecule has 2 unspecified atom stereocenters. The number of aliphatic hydroxyl groups is 1. The summed E-state index contributed by atoms with van der Waals surface area (Å²) in [5.74, 6) is -0.278.